The molecule has 2 N–H and O–H groups in total. The highest BCUT2D eigenvalue weighted by atomic mass is 32.2. The van der Waals surface area contributed by atoms with Crippen molar-refractivity contribution in [1.29, 1.82) is 0 Å². The summed E-state index contributed by atoms with van der Waals surface area (Å²) in [4.78, 5) is 0. The lowest BCUT2D eigenvalue weighted by Crippen LogP contribution is -2.48. The summed E-state index contributed by atoms with van der Waals surface area (Å²) in [6, 6.07) is 4.11. The van der Waals surface area contributed by atoms with Crippen LogP contribution in [0, 0.1) is 5.82 Å². The van der Waals surface area contributed by atoms with Crippen molar-refractivity contribution in [2.45, 2.75) is 30.9 Å². The Balaban J connectivity index is 1.92. The van der Waals surface area contributed by atoms with Crippen LogP contribution in [0.1, 0.15) is 30.9 Å². The Morgan fingerprint density at radius 3 is 2.68 bits per heavy atom. The molecule has 2 heterocycles. The molecular weight excluding hydrogens is 269 g/mol. The van der Waals surface area contributed by atoms with Gasteiger partial charge in [0.25, 0.3) is 0 Å². The summed E-state index contributed by atoms with van der Waals surface area (Å²) in [6.45, 7) is 0. The van der Waals surface area contributed by atoms with Gasteiger partial charge in [-0.1, -0.05) is 6.07 Å². The number of sulfone groups is 1. The molecular formula is C13H16FNO3S. The highest BCUT2D eigenvalue weighted by molar-refractivity contribution is 7.91. The maximum atomic E-state index is 13.3. The lowest BCUT2D eigenvalue weighted by molar-refractivity contribution is 0.0260. The van der Waals surface area contributed by atoms with Crippen LogP contribution < -0.4 is 10.5 Å². The van der Waals surface area contributed by atoms with Gasteiger partial charge in [-0.05, 0) is 6.07 Å². The molecule has 1 atom stereocenters. The average molecular weight is 285 g/mol. The molecule has 0 unspecified atom stereocenters. The monoisotopic (exact) mass is 285 g/mol. The molecule has 1 spiro atoms. The van der Waals surface area contributed by atoms with Crippen LogP contribution in [0.5, 0.6) is 5.75 Å². The zero-order valence-corrected chi connectivity index (χ0v) is 11.2. The van der Waals surface area contributed by atoms with Gasteiger partial charge in [0.15, 0.2) is 9.84 Å². The van der Waals surface area contributed by atoms with Crippen LogP contribution >= 0.6 is 0 Å². The molecule has 1 aromatic carbocycles. The summed E-state index contributed by atoms with van der Waals surface area (Å²) < 4.78 is 42.2. The first-order valence-corrected chi connectivity index (χ1v) is 8.16. The first-order chi connectivity index (χ1) is 8.89. The minimum absolute atomic E-state index is 0.115. The van der Waals surface area contributed by atoms with Crippen molar-refractivity contribution in [3.05, 3.63) is 29.6 Å². The molecule has 104 valence electrons. The lowest BCUT2D eigenvalue weighted by atomic mass is 9.83. The van der Waals surface area contributed by atoms with Crippen molar-refractivity contribution in [1.82, 2.24) is 0 Å². The maximum absolute atomic E-state index is 13.3. The van der Waals surface area contributed by atoms with E-state index in [1.165, 1.54) is 12.1 Å². The van der Waals surface area contributed by atoms with Crippen molar-refractivity contribution in [2.24, 2.45) is 5.73 Å². The molecule has 1 saturated heterocycles. The third kappa shape index (κ3) is 2.34. The van der Waals surface area contributed by atoms with E-state index in [0.717, 1.165) is 5.56 Å². The Morgan fingerprint density at radius 1 is 1.32 bits per heavy atom. The Bertz CT molecular complexity index is 600. The van der Waals surface area contributed by atoms with Crippen LogP contribution in [0.15, 0.2) is 18.2 Å². The molecule has 0 saturated carbocycles. The van der Waals surface area contributed by atoms with Gasteiger partial charge < -0.3 is 10.5 Å². The predicted molar refractivity (Wildman–Crippen MR) is 69.2 cm³/mol. The number of fused-ring (bicyclic) bond motifs is 1. The van der Waals surface area contributed by atoms with Gasteiger partial charge >= 0.3 is 0 Å². The number of halogens is 1. The van der Waals surface area contributed by atoms with Gasteiger partial charge in [0.1, 0.15) is 17.2 Å². The van der Waals surface area contributed by atoms with Gasteiger partial charge in [0.2, 0.25) is 0 Å². The van der Waals surface area contributed by atoms with Gasteiger partial charge in [-0.3, -0.25) is 0 Å². The standard InChI is InChI=1S/C13H16FNO3S/c14-9-1-2-10-11(15)8-13(18-12(10)7-9)3-5-19(16,17)6-4-13/h1-2,7,11H,3-6,8,15H2/t11-/m1/s1. The summed E-state index contributed by atoms with van der Waals surface area (Å²) in [5.41, 5.74) is 6.36. The summed E-state index contributed by atoms with van der Waals surface area (Å²) in [6.07, 6.45) is 1.44. The molecule has 1 aromatic rings. The van der Waals surface area contributed by atoms with Gasteiger partial charge in [0.05, 0.1) is 11.5 Å². The number of benzene rings is 1. The van der Waals surface area contributed by atoms with E-state index in [9.17, 15) is 12.8 Å². The largest absolute Gasteiger partial charge is 0.487 e. The van der Waals surface area contributed by atoms with Crippen LogP contribution in [-0.4, -0.2) is 25.5 Å². The van der Waals surface area contributed by atoms with Crippen molar-refractivity contribution >= 4 is 9.84 Å². The minimum Gasteiger partial charge on any atom is -0.487 e. The fourth-order valence-electron chi connectivity index (χ4n) is 2.90. The van der Waals surface area contributed by atoms with Gasteiger partial charge in [0, 0.05) is 36.9 Å². The van der Waals surface area contributed by atoms with Crippen molar-refractivity contribution < 1.29 is 17.5 Å². The molecule has 19 heavy (non-hydrogen) atoms. The molecule has 2 aliphatic rings. The van der Waals surface area contributed by atoms with Crippen molar-refractivity contribution in [3.8, 4) is 5.75 Å². The van der Waals surface area contributed by atoms with E-state index in [0.29, 0.717) is 25.0 Å². The van der Waals surface area contributed by atoms with Crippen LogP contribution in [0.25, 0.3) is 0 Å². The molecule has 0 aliphatic carbocycles. The number of hydrogen-bond acceptors (Lipinski definition) is 4. The fraction of sp³-hybridized carbons (Fsp3) is 0.538. The first kappa shape index (κ1) is 12.9. The summed E-state index contributed by atoms with van der Waals surface area (Å²) >= 11 is 0. The third-order valence-corrected chi connectivity index (χ3v) is 5.68. The molecule has 1 fully saturated rings. The second-order valence-electron chi connectivity index (χ2n) is 5.43. The Morgan fingerprint density at radius 2 is 2.00 bits per heavy atom. The lowest BCUT2D eigenvalue weighted by Gasteiger charge is -2.43. The first-order valence-electron chi connectivity index (χ1n) is 6.34. The van der Waals surface area contributed by atoms with Gasteiger partial charge in [-0.25, -0.2) is 12.8 Å². The van der Waals surface area contributed by atoms with Crippen molar-refractivity contribution in [3.63, 3.8) is 0 Å². The molecule has 0 radical (unpaired) electrons. The summed E-state index contributed by atoms with van der Waals surface area (Å²) in [7, 11) is -2.96. The summed E-state index contributed by atoms with van der Waals surface area (Å²) in [5, 5.41) is 0. The zero-order valence-electron chi connectivity index (χ0n) is 10.4. The Kier molecular flexibility index (Phi) is 2.83. The third-order valence-electron chi connectivity index (χ3n) is 4.03. The van der Waals surface area contributed by atoms with E-state index in [1.807, 2.05) is 0 Å². The smallest absolute Gasteiger partial charge is 0.150 e. The second kappa shape index (κ2) is 4.18. The van der Waals surface area contributed by atoms with E-state index in [4.69, 9.17) is 10.5 Å². The molecule has 0 amide bonds. The van der Waals surface area contributed by atoms with E-state index in [-0.39, 0.29) is 23.4 Å². The van der Waals surface area contributed by atoms with Crippen LogP contribution in [0.3, 0.4) is 0 Å². The average Bonchev–Trinajstić information content (AvgIpc) is 2.33. The van der Waals surface area contributed by atoms with Gasteiger partial charge in [-0.15, -0.1) is 0 Å². The number of nitrogens with two attached hydrogens (primary N) is 1. The number of ether oxygens (including phenoxy) is 1. The normalized spacial score (nSPS) is 27.6. The minimum atomic E-state index is -2.96. The second-order valence-corrected chi connectivity index (χ2v) is 7.73. The SMILES string of the molecule is N[C@@H]1CC2(CCS(=O)(=O)CC2)Oc2cc(F)ccc21. The topological polar surface area (TPSA) is 69.4 Å². The molecule has 0 bridgehead atoms. The Hall–Kier alpha value is -1.14. The quantitative estimate of drug-likeness (QED) is 0.785. The van der Waals surface area contributed by atoms with E-state index in [2.05, 4.69) is 0 Å². The van der Waals surface area contributed by atoms with E-state index >= 15 is 0 Å². The fourth-order valence-corrected chi connectivity index (χ4v) is 4.47. The molecule has 3 rings (SSSR count). The molecule has 6 heteroatoms. The van der Waals surface area contributed by atoms with E-state index in [1.54, 1.807) is 6.07 Å². The van der Waals surface area contributed by atoms with Gasteiger partial charge in [-0.2, -0.15) is 0 Å². The Labute approximate surface area is 111 Å². The van der Waals surface area contributed by atoms with Crippen molar-refractivity contribution in [2.75, 3.05) is 11.5 Å². The van der Waals surface area contributed by atoms with Crippen LogP contribution in [-0.2, 0) is 9.84 Å². The van der Waals surface area contributed by atoms with E-state index < -0.39 is 15.4 Å². The maximum Gasteiger partial charge on any atom is 0.150 e. The molecule has 0 aromatic heterocycles. The highest BCUT2D eigenvalue weighted by Gasteiger charge is 2.44. The highest BCUT2D eigenvalue weighted by Crippen LogP contribution is 2.43. The summed E-state index contributed by atoms with van der Waals surface area (Å²) in [5.74, 6) is 0.318. The molecule has 2 aliphatic heterocycles. The number of rotatable bonds is 0. The zero-order chi connectivity index (χ0) is 13.7. The molecule has 4 nitrogen and oxygen atoms in total. The predicted octanol–water partition coefficient (Wildman–Crippen LogP) is 1.56. The van der Waals surface area contributed by atoms with Crippen LogP contribution in [0.2, 0.25) is 0 Å². The van der Waals surface area contributed by atoms with Crippen LogP contribution in [0.4, 0.5) is 4.39 Å². The number of hydrogen-bond donors (Lipinski definition) is 1.